The summed E-state index contributed by atoms with van der Waals surface area (Å²) in [4.78, 5) is 0. The fraction of sp³-hybridized carbons (Fsp3) is 0.294. The van der Waals surface area contributed by atoms with E-state index in [0.717, 1.165) is 30.8 Å². The summed E-state index contributed by atoms with van der Waals surface area (Å²) in [6.07, 6.45) is 3.76. The van der Waals surface area contributed by atoms with E-state index in [9.17, 15) is 0 Å². The van der Waals surface area contributed by atoms with Crippen LogP contribution in [-0.2, 0) is 4.74 Å². The van der Waals surface area contributed by atoms with Gasteiger partial charge in [-0.1, -0.05) is 23.7 Å². The summed E-state index contributed by atoms with van der Waals surface area (Å²) in [6.45, 7) is 1.33. The second-order valence-electron chi connectivity index (χ2n) is 5.51. The zero-order chi connectivity index (χ0) is 16.9. The number of thiocarbonyl (C=S) groups is 1. The highest BCUT2D eigenvalue weighted by Crippen LogP contribution is 2.24. The summed E-state index contributed by atoms with van der Waals surface area (Å²) >= 11 is 11.1. The summed E-state index contributed by atoms with van der Waals surface area (Å²) in [5.74, 6) is 1.33. The van der Waals surface area contributed by atoms with Crippen LogP contribution in [0.25, 0.3) is 11.3 Å². The van der Waals surface area contributed by atoms with Gasteiger partial charge >= 0.3 is 0 Å². The van der Waals surface area contributed by atoms with Gasteiger partial charge < -0.3 is 14.9 Å². The summed E-state index contributed by atoms with van der Waals surface area (Å²) < 4.78 is 11.4. The van der Waals surface area contributed by atoms with Crippen molar-refractivity contribution in [1.82, 2.24) is 5.01 Å². The molecule has 0 saturated carbocycles. The Labute approximate surface area is 151 Å². The SMILES string of the molecule is NC(=S)N(CC1CCCO1)N=Cc1ccc(-c2cccc(Cl)c2)o1. The Bertz CT molecular complexity index is 741. The molecule has 0 radical (unpaired) electrons. The largest absolute Gasteiger partial charge is 0.455 e. The van der Waals surface area contributed by atoms with E-state index >= 15 is 0 Å². The first kappa shape index (κ1) is 17.0. The van der Waals surface area contributed by atoms with Crippen LogP contribution in [0.5, 0.6) is 0 Å². The maximum absolute atomic E-state index is 6.01. The van der Waals surface area contributed by atoms with Crippen molar-refractivity contribution < 1.29 is 9.15 Å². The van der Waals surface area contributed by atoms with E-state index in [4.69, 9.17) is 38.7 Å². The summed E-state index contributed by atoms with van der Waals surface area (Å²) in [7, 11) is 0. The summed E-state index contributed by atoms with van der Waals surface area (Å²) in [5.41, 5.74) is 6.64. The van der Waals surface area contributed by atoms with Gasteiger partial charge in [0.1, 0.15) is 11.5 Å². The Morgan fingerprint density at radius 1 is 1.42 bits per heavy atom. The summed E-state index contributed by atoms with van der Waals surface area (Å²) in [5, 5.41) is 6.76. The third-order valence-corrected chi connectivity index (χ3v) is 4.16. The maximum atomic E-state index is 6.01. The molecule has 7 heteroatoms. The minimum Gasteiger partial charge on any atom is -0.455 e. The number of rotatable bonds is 5. The molecule has 1 aromatic carbocycles. The normalized spacial score (nSPS) is 17.5. The van der Waals surface area contributed by atoms with Gasteiger partial charge in [0, 0.05) is 17.2 Å². The average molecular weight is 364 g/mol. The molecule has 0 bridgehead atoms. The molecule has 1 atom stereocenters. The molecule has 126 valence electrons. The van der Waals surface area contributed by atoms with Crippen LogP contribution in [-0.4, -0.2) is 35.6 Å². The van der Waals surface area contributed by atoms with Crippen LogP contribution in [0.1, 0.15) is 18.6 Å². The maximum Gasteiger partial charge on any atom is 0.187 e. The van der Waals surface area contributed by atoms with Crippen molar-refractivity contribution in [3.8, 4) is 11.3 Å². The van der Waals surface area contributed by atoms with Crippen LogP contribution < -0.4 is 5.73 Å². The van der Waals surface area contributed by atoms with E-state index in [2.05, 4.69) is 5.10 Å². The van der Waals surface area contributed by atoms with E-state index in [-0.39, 0.29) is 11.2 Å². The highest BCUT2D eigenvalue weighted by atomic mass is 35.5. The van der Waals surface area contributed by atoms with Crippen molar-refractivity contribution in [3.05, 3.63) is 47.2 Å². The third-order valence-electron chi connectivity index (χ3n) is 3.72. The second-order valence-corrected chi connectivity index (χ2v) is 6.37. The van der Waals surface area contributed by atoms with Crippen LogP contribution in [0.2, 0.25) is 5.02 Å². The van der Waals surface area contributed by atoms with Gasteiger partial charge in [-0.05, 0) is 49.3 Å². The number of nitrogens with two attached hydrogens (primary N) is 1. The molecule has 1 unspecified atom stereocenters. The lowest BCUT2D eigenvalue weighted by Gasteiger charge is -2.20. The predicted octanol–water partition coefficient (Wildman–Crippen LogP) is 3.66. The van der Waals surface area contributed by atoms with Crippen molar-refractivity contribution in [1.29, 1.82) is 0 Å². The standard InChI is InChI=1S/C17H18ClN3O2S/c18-13-4-1-3-12(9-13)16-7-6-14(23-16)10-20-21(17(19)24)11-15-5-2-8-22-15/h1,3-4,6-7,9-10,15H,2,5,8,11H2,(H2,19,24). The molecular formula is C17H18ClN3O2S. The van der Waals surface area contributed by atoms with Crippen LogP contribution in [0.4, 0.5) is 0 Å². The first-order valence-electron chi connectivity index (χ1n) is 7.70. The zero-order valence-electron chi connectivity index (χ0n) is 13.0. The molecule has 2 aromatic rings. The molecule has 2 N–H and O–H groups in total. The van der Waals surface area contributed by atoms with E-state index in [0.29, 0.717) is 17.3 Å². The van der Waals surface area contributed by atoms with Crippen molar-refractivity contribution in [3.63, 3.8) is 0 Å². The Hall–Kier alpha value is -1.89. The highest BCUT2D eigenvalue weighted by Gasteiger charge is 2.19. The lowest BCUT2D eigenvalue weighted by Crippen LogP contribution is -2.36. The number of nitrogens with zero attached hydrogens (tertiary/aromatic N) is 2. The van der Waals surface area contributed by atoms with Gasteiger partial charge in [-0.25, -0.2) is 5.01 Å². The molecule has 5 nitrogen and oxygen atoms in total. The third kappa shape index (κ3) is 4.35. The Balaban J connectivity index is 1.69. The van der Waals surface area contributed by atoms with Crippen LogP contribution >= 0.6 is 23.8 Å². The number of halogens is 1. The first-order chi connectivity index (χ1) is 11.6. The molecule has 1 aliphatic rings. The predicted molar refractivity (Wildman–Crippen MR) is 99.2 cm³/mol. The highest BCUT2D eigenvalue weighted by molar-refractivity contribution is 7.80. The van der Waals surface area contributed by atoms with Gasteiger partial charge in [-0.15, -0.1) is 0 Å². The number of benzene rings is 1. The molecule has 24 heavy (non-hydrogen) atoms. The van der Waals surface area contributed by atoms with E-state index < -0.39 is 0 Å². The van der Waals surface area contributed by atoms with Gasteiger partial charge in [-0.2, -0.15) is 5.10 Å². The Morgan fingerprint density at radius 3 is 3.00 bits per heavy atom. The lowest BCUT2D eigenvalue weighted by atomic mass is 10.2. The zero-order valence-corrected chi connectivity index (χ0v) is 14.6. The topological polar surface area (TPSA) is 64.0 Å². The summed E-state index contributed by atoms with van der Waals surface area (Å²) in [6, 6.07) is 11.2. The number of furan rings is 1. The monoisotopic (exact) mass is 363 g/mol. The van der Waals surface area contributed by atoms with E-state index in [1.54, 1.807) is 11.2 Å². The van der Waals surface area contributed by atoms with Gasteiger partial charge in [0.15, 0.2) is 5.11 Å². The van der Waals surface area contributed by atoms with Crippen molar-refractivity contribution >= 4 is 35.1 Å². The molecule has 0 amide bonds. The second kappa shape index (κ2) is 7.79. The minimum absolute atomic E-state index is 0.113. The molecule has 2 heterocycles. The number of hydrogen-bond acceptors (Lipinski definition) is 4. The molecule has 0 spiro atoms. The lowest BCUT2D eigenvalue weighted by molar-refractivity contribution is 0.0923. The van der Waals surface area contributed by atoms with Crippen molar-refractivity contribution in [2.24, 2.45) is 10.8 Å². The number of hydrazone groups is 1. The number of hydrogen-bond donors (Lipinski definition) is 1. The van der Waals surface area contributed by atoms with Crippen molar-refractivity contribution in [2.75, 3.05) is 13.2 Å². The average Bonchev–Trinajstić information content (AvgIpc) is 3.23. The Kier molecular flexibility index (Phi) is 5.50. The molecule has 1 fully saturated rings. The molecule has 0 aliphatic carbocycles. The fourth-order valence-corrected chi connectivity index (χ4v) is 2.83. The van der Waals surface area contributed by atoms with Crippen molar-refractivity contribution in [2.45, 2.75) is 18.9 Å². The first-order valence-corrected chi connectivity index (χ1v) is 8.49. The molecular weight excluding hydrogens is 346 g/mol. The van der Waals surface area contributed by atoms with Gasteiger partial charge in [0.25, 0.3) is 0 Å². The van der Waals surface area contributed by atoms with Gasteiger partial charge in [-0.3, -0.25) is 0 Å². The number of ether oxygens (including phenoxy) is 1. The molecule has 1 saturated heterocycles. The smallest absolute Gasteiger partial charge is 0.187 e. The van der Waals surface area contributed by atoms with Gasteiger partial charge in [0.2, 0.25) is 0 Å². The minimum atomic E-state index is 0.113. The quantitative estimate of drug-likeness (QED) is 0.499. The Morgan fingerprint density at radius 2 is 2.29 bits per heavy atom. The van der Waals surface area contributed by atoms with E-state index in [1.165, 1.54) is 0 Å². The van der Waals surface area contributed by atoms with Crippen LogP contribution in [0.3, 0.4) is 0 Å². The molecule has 1 aromatic heterocycles. The van der Waals surface area contributed by atoms with Gasteiger partial charge in [0.05, 0.1) is 18.9 Å². The van der Waals surface area contributed by atoms with E-state index in [1.807, 2.05) is 36.4 Å². The van der Waals surface area contributed by atoms with Crippen LogP contribution in [0, 0.1) is 0 Å². The fourth-order valence-electron chi connectivity index (χ4n) is 2.52. The molecule has 3 rings (SSSR count). The van der Waals surface area contributed by atoms with Crippen LogP contribution in [0.15, 0.2) is 45.9 Å². The molecule has 1 aliphatic heterocycles.